The van der Waals surface area contributed by atoms with Crippen LogP contribution in [0.2, 0.25) is 0 Å². The highest BCUT2D eigenvalue weighted by Gasteiger charge is 2.21. The average Bonchev–Trinajstić information content (AvgIpc) is 2.60. The first-order valence-corrected chi connectivity index (χ1v) is 8.49. The van der Waals surface area contributed by atoms with Gasteiger partial charge in [0.25, 0.3) is 5.91 Å². The van der Waals surface area contributed by atoms with Gasteiger partial charge in [-0.1, -0.05) is 19.1 Å². The lowest BCUT2D eigenvalue weighted by atomic mass is 9.99. The molecule has 0 unspecified atom stereocenters. The maximum Gasteiger partial charge on any atom is 0.256 e. The van der Waals surface area contributed by atoms with E-state index < -0.39 is 0 Å². The number of aromatic nitrogens is 2. The Labute approximate surface area is 143 Å². The molecule has 5 nitrogen and oxygen atoms in total. The van der Waals surface area contributed by atoms with Crippen LogP contribution in [0.4, 0.5) is 11.6 Å². The van der Waals surface area contributed by atoms with Gasteiger partial charge in [0.05, 0.1) is 5.56 Å². The van der Waals surface area contributed by atoms with Gasteiger partial charge in [0.15, 0.2) is 0 Å². The van der Waals surface area contributed by atoms with Crippen molar-refractivity contribution in [1.29, 1.82) is 0 Å². The summed E-state index contributed by atoms with van der Waals surface area (Å²) >= 11 is 0. The second kappa shape index (κ2) is 6.99. The van der Waals surface area contributed by atoms with Gasteiger partial charge < -0.3 is 10.2 Å². The van der Waals surface area contributed by atoms with Gasteiger partial charge in [-0.25, -0.2) is 9.97 Å². The minimum Gasteiger partial charge on any atom is -0.339 e. The fourth-order valence-corrected chi connectivity index (χ4v) is 2.90. The van der Waals surface area contributed by atoms with Crippen LogP contribution in [0.25, 0.3) is 0 Å². The largest absolute Gasteiger partial charge is 0.339 e. The molecule has 0 atom stereocenters. The lowest BCUT2D eigenvalue weighted by Crippen LogP contribution is -2.38. The molecule has 1 aromatic carbocycles. The molecule has 0 bridgehead atoms. The maximum atomic E-state index is 12.5. The molecule has 3 rings (SSSR count). The second-order valence-corrected chi connectivity index (χ2v) is 6.64. The van der Waals surface area contributed by atoms with Crippen LogP contribution in [-0.4, -0.2) is 33.9 Å². The van der Waals surface area contributed by atoms with Gasteiger partial charge in [-0.15, -0.1) is 0 Å². The number of amides is 1. The van der Waals surface area contributed by atoms with E-state index in [-0.39, 0.29) is 5.91 Å². The van der Waals surface area contributed by atoms with Crippen molar-refractivity contribution >= 4 is 17.5 Å². The van der Waals surface area contributed by atoms with Crippen molar-refractivity contribution in [2.24, 2.45) is 5.92 Å². The predicted octanol–water partition coefficient (Wildman–Crippen LogP) is 3.71. The van der Waals surface area contributed by atoms with E-state index in [1.807, 2.05) is 17.0 Å². The molecule has 1 aliphatic rings. The van der Waals surface area contributed by atoms with Gasteiger partial charge >= 0.3 is 0 Å². The number of piperidine rings is 1. The fourth-order valence-electron chi connectivity index (χ4n) is 2.90. The van der Waals surface area contributed by atoms with E-state index in [2.05, 4.69) is 42.1 Å². The molecule has 24 heavy (non-hydrogen) atoms. The standard InChI is InChI=1S/C19H24N4O/c1-13-7-9-23(10-8-13)18(24)16-11-20-19(21-12-16)22-17-6-4-5-14(2)15(17)3/h4-6,11-13H,7-10H2,1-3H3,(H,20,21,22). The van der Waals surface area contributed by atoms with Crippen LogP contribution in [0.15, 0.2) is 30.6 Å². The van der Waals surface area contributed by atoms with Crippen LogP contribution in [0.3, 0.4) is 0 Å². The van der Waals surface area contributed by atoms with Gasteiger partial charge in [-0.2, -0.15) is 0 Å². The van der Waals surface area contributed by atoms with Crippen molar-refractivity contribution in [3.05, 3.63) is 47.3 Å². The number of likely N-dealkylation sites (tertiary alicyclic amines) is 1. The first-order valence-electron chi connectivity index (χ1n) is 8.49. The molecule has 0 saturated carbocycles. The molecular weight excluding hydrogens is 300 g/mol. The number of carbonyl (C=O) groups is 1. The SMILES string of the molecule is Cc1cccc(Nc2ncc(C(=O)N3CCC(C)CC3)cn2)c1C. The number of benzene rings is 1. The average molecular weight is 324 g/mol. The van der Waals surface area contributed by atoms with Crippen molar-refractivity contribution in [3.8, 4) is 0 Å². The molecule has 0 radical (unpaired) electrons. The molecule has 1 aliphatic heterocycles. The van der Waals surface area contributed by atoms with Crippen molar-refractivity contribution in [2.75, 3.05) is 18.4 Å². The molecule has 1 N–H and O–H groups in total. The summed E-state index contributed by atoms with van der Waals surface area (Å²) in [6.07, 6.45) is 5.36. The molecular formula is C19H24N4O. The Morgan fingerprint density at radius 2 is 1.83 bits per heavy atom. The maximum absolute atomic E-state index is 12.5. The zero-order valence-electron chi connectivity index (χ0n) is 14.5. The summed E-state index contributed by atoms with van der Waals surface area (Å²) in [6.45, 7) is 8.01. The minimum absolute atomic E-state index is 0.0280. The van der Waals surface area contributed by atoms with Gasteiger partial charge in [0.2, 0.25) is 5.95 Å². The Morgan fingerprint density at radius 3 is 2.50 bits per heavy atom. The van der Waals surface area contributed by atoms with E-state index in [1.54, 1.807) is 12.4 Å². The van der Waals surface area contributed by atoms with Crippen molar-refractivity contribution in [3.63, 3.8) is 0 Å². The van der Waals surface area contributed by atoms with E-state index in [4.69, 9.17) is 0 Å². The lowest BCUT2D eigenvalue weighted by molar-refractivity contribution is 0.0696. The monoisotopic (exact) mass is 324 g/mol. The molecule has 1 aromatic heterocycles. The van der Waals surface area contributed by atoms with Crippen LogP contribution in [0.1, 0.15) is 41.3 Å². The number of rotatable bonds is 3. The van der Waals surface area contributed by atoms with Crippen LogP contribution in [0, 0.1) is 19.8 Å². The van der Waals surface area contributed by atoms with Crippen LogP contribution < -0.4 is 5.32 Å². The number of nitrogens with one attached hydrogen (secondary N) is 1. The van der Waals surface area contributed by atoms with Crippen LogP contribution in [0.5, 0.6) is 0 Å². The molecule has 2 aromatic rings. The van der Waals surface area contributed by atoms with Crippen LogP contribution in [-0.2, 0) is 0 Å². The third-order valence-electron chi connectivity index (χ3n) is 4.82. The summed E-state index contributed by atoms with van der Waals surface area (Å²) in [4.78, 5) is 23.0. The highest BCUT2D eigenvalue weighted by Crippen LogP contribution is 2.21. The Balaban J connectivity index is 1.69. The molecule has 2 heterocycles. The number of carbonyl (C=O) groups excluding carboxylic acids is 1. The molecule has 1 saturated heterocycles. The number of hydrogen-bond donors (Lipinski definition) is 1. The quantitative estimate of drug-likeness (QED) is 0.935. The minimum atomic E-state index is 0.0280. The van der Waals surface area contributed by atoms with Gasteiger partial charge in [0, 0.05) is 31.2 Å². The second-order valence-electron chi connectivity index (χ2n) is 6.64. The summed E-state index contributed by atoms with van der Waals surface area (Å²) in [7, 11) is 0. The van der Waals surface area contributed by atoms with Gasteiger partial charge in [-0.05, 0) is 49.8 Å². The zero-order valence-corrected chi connectivity index (χ0v) is 14.5. The molecule has 1 amide bonds. The summed E-state index contributed by atoms with van der Waals surface area (Å²) in [5, 5.41) is 3.22. The van der Waals surface area contributed by atoms with E-state index >= 15 is 0 Å². The first-order chi connectivity index (χ1) is 11.5. The van der Waals surface area contributed by atoms with Crippen molar-refractivity contribution in [2.45, 2.75) is 33.6 Å². The normalized spacial score (nSPS) is 15.4. The molecule has 0 spiro atoms. The molecule has 5 heteroatoms. The Hall–Kier alpha value is -2.43. The van der Waals surface area contributed by atoms with E-state index in [1.165, 1.54) is 11.1 Å². The number of nitrogens with zero attached hydrogens (tertiary/aromatic N) is 3. The first kappa shape index (κ1) is 16.4. The molecule has 1 fully saturated rings. The summed E-state index contributed by atoms with van der Waals surface area (Å²) < 4.78 is 0. The smallest absolute Gasteiger partial charge is 0.256 e. The third kappa shape index (κ3) is 3.55. The summed E-state index contributed by atoms with van der Waals surface area (Å²) in [5.74, 6) is 1.24. The lowest BCUT2D eigenvalue weighted by Gasteiger charge is -2.30. The van der Waals surface area contributed by atoms with E-state index in [9.17, 15) is 4.79 Å². The summed E-state index contributed by atoms with van der Waals surface area (Å²) in [6, 6.07) is 6.07. The molecule has 126 valence electrons. The molecule has 0 aliphatic carbocycles. The zero-order chi connectivity index (χ0) is 17.1. The van der Waals surface area contributed by atoms with Gasteiger partial charge in [-0.3, -0.25) is 4.79 Å². The van der Waals surface area contributed by atoms with Crippen LogP contribution >= 0.6 is 0 Å². The Morgan fingerprint density at radius 1 is 1.17 bits per heavy atom. The van der Waals surface area contributed by atoms with E-state index in [0.717, 1.165) is 31.6 Å². The fraction of sp³-hybridized carbons (Fsp3) is 0.421. The number of hydrogen-bond acceptors (Lipinski definition) is 4. The topological polar surface area (TPSA) is 58.1 Å². The Kier molecular flexibility index (Phi) is 4.79. The van der Waals surface area contributed by atoms with Gasteiger partial charge in [0.1, 0.15) is 0 Å². The third-order valence-corrected chi connectivity index (χ3v) is 4.82. The highest BCUT2D eigenvalue weighted by molar-refractivity contribution is 5.93. The highest BCUT2D eigenvalue weighted by atomic mass is 16.2. The summed E-state index contributed by atoms with van der Waals surface area (Å²) in [5.41, 5.74) is 3.92. The van der Waals surface area contributed by atoms with Crippen molar-refractivity contribution in [1.82, 2.24) is 14.9 Å². The number of anilines is 2. The predicted molar refractivity (Wildman–Crippen MR) is 95.5 cm³/mol. The van der Waals surface area contributed by atoms with Crippen molar-refractivity contribution < 1.29 is 4.79 Å². The number of aryl methyl sites for hydroxylation is 1. The Bertz CT molecular complexity index is 719. The van der Waals surface area contributed by atoms with E-state index in [0.29, 0.717) is 17.4 Å².